The Bertz CT molecular complexity index is 391. The molecule has 0 spiro atoms. The molecule has 0 bridgehead atoms. The van der Waals surface area contributed by atoms with E-state index in [-0.39, 0.29) is 0 Å². The van der Waals surface area contributed by atoms with Crippen LogP contribution in [0.4, 0.5) is 0 Å². The van der Waals surface area contributed by atoms with Gasteiger partial charge in [-0.2, -0.15) is 0 Å². The molecule has 2 atom stereocenters. The van der Waals surface area contributed by atoms with Gasteiger partial charge in [0.25, 0.3) is 0 Å². The van der Waals surface area contributed by atoms with Crippen molar-refractivity contribution >= 4 is 0 Å². The number of hydrogen-bond donors (Lipinski definition) is 1. The van der Waals surface area contributed by atoms with Gasteiger partial charge in [-0.05, 0) is 62.8 Å². The second-order valence-corrected chi connectivity index (χ2v) is 6.13. The van der Waals surface area contributed by atoms with Crippen LogP contribution in [0.2, 0.25) is 0 Å². The number of likely N-dealkylation sites (N-methyl/N-ethyl adjacent to an activating group) is 1. The fourth-order valence-corrected chi connectivity index (χ4v) is 3.14. The second kappa shape index (κ2) is 8.43. The average molecular weight is 277 g/mol. The number of aryl methyl sites for hydroxylation is 3. The van der Waals surface area contributed by atoms with Gasteiger partial charge in [-0.1, -0.05) is 31.5 Å². The molecule has 0 heterocycles. The monoisotopic (exact) mass is 277 g/mol. The summed E-state index contributed by atoms with van der Waals surface area (Å²) in [5.74, 6) is 0.593. The molecule has 2 heteroatoms. The number of nitrogens with one attached hydrogen (secondary N) is 1. The Hall–Kier alpha value is -0.860. The number of hydrogen-bond acceptors (Lipinski definition) is 2. The summed E-state index contributed by atoms with van der Waals surface area (Å²) < 4.78 is 5.27. The normalized spacial score (nSPS) is 14.3. The van der Waals surface area contributed by atoms with Crippen LogP contribution < -0.4 is 5.32 Å². The molecule has 114 valence electrons. The number of rotatable bonds is 8. The minimum atomic E-state index is 0.533. The second-order valence-electron chi connectivity index (χ2n) is 6.13. The highest BCUT2D eigenvalue weighted by Crippen LogP contribution is 2.20. The first-order valence-electron chi connectivity index (χ1n) is 7.76. The number of methoxy groups -OCH3 is 1. The highest BCUT2D eigenvalue weighted by Gasteiger charge is 2.15. The summed E-state index contributed by atoms with van der Waals surface area (Å²) in [4.78, 5) is 0. The third kappa shape index (κ3) is 5.26. The van der Waals surface area contributed by atoms with E-state index in [0.717, 1.165) is 26.0 Å². The Morgan fingerprint density at radius 1 is 1.15 bits per heavy atom. The van der Waals surface area contributed by atoms with E-state index in [1.165, 1.54) is 22.3 Å². The Balaban J connectivity index is 2.79. The zero-order chi connectivity index (χ0) is 15.1. The van der Waals surface area contributed by atoms with E-state index in [1.807, 2.05) is 0 Å². The van der Waals surface area contributed by atoms with E-state index in [0.29, 0.717) is 12.0 Å². The topological polar surface area (TPSA) is 21.3 Å². The summed E-state index contributed by atoms with van der Waals surface area (Å²) in [5.41, 5.74) is 5.71. The van der Waals surface area contributed by atoms with Crippen LogP contribution >= 0.6 is 0 Å². The molecule has 0 radical (unpaired) electrons. The average Bonchev–Trinajstić information content (AvgIpc) is 2.34. The minimum Gasteiger partial charge on any atom is -0.384 e. The highest BCUT2D eigenvalue weighted by atomic mass is 16.5. The lowest BCUT2D eigenvalue weighted by Crippen LogP contribution is -2.33. The maximum Gasteiger partial charge on any atom is 0.0488 e. The predicted octanol–water partition coefficient (Wildman–Crippen LogP) is 3.81. The molecule has 1 aromatic rings. The van der Waals surface area contributed by atoms with Crippen molar-refractivity contribution in [2.24, 2.45) is 5.92 Å². The predicted molar refractivity (Wildman–Crippen MR) is 87.5 cm³/mol. The Labute approximate surface area is 124 Å². The molecule has 0 saturated carbocycles. The first kappa shape index (κ1) is 17.2. The third-order valence-electron chi connectivity index (χ3n) is 3.92. The van der Waals surface area contributed by atoms with Gasteiger partial charge < -0.3 is 10.1 Å². The van der Waals surface area contributed by atoms with Gasteiger partial charge in [-0.15, -0.1) is 0 Å². The smallest absolute Gasteiger partial charge is 0.0488 e. The van der Waals surface area contributed by atoms with Crippen LogP contribution in [0.5, 0.6) is 0 Å². The molecule has 0 aliphatic rings. The lowest BCUT2D eigenvalue weighted by molar-refractivity contribution is 0.149. The molecule has 0 amide bonds. The van der Waals surface area contributed by atoms with E-state index in [4.69, 9.17) is 4.74 Å². The summed E-state index contributed by atoms with van der Waals surface area (Å²) in [6.07, 6.45) is 2.27. The molecular weight excluding hydrogens is 246 g/mol. The molecule has 0 aromatic heterocycles. The number of benzene rings is 1. The molecule has 20 heavy (non-hydrogen) atoms. The van der Waals surface area contributed by atoms with E-state index >= 15 is 0 Å². The molecule has 1 rings (SSSR count). The lowest BCUT2D eigenvalue weighted by Gasteiger charge is -2.23. The van der Waals surface area contributed by atoms with Crippen molar-refractivity contribution in [3.63, 3.8) is 0 Å². The largest absolute Gasteiger partial charge is 0.384 e. The van der Waals surface area contributed by atoms with Crippen molar-refractivity contribution in [2.75, 3.05) is 20.3 Å². The van der Waals surface area contributed by atoms with E-state index < -0.39 is 0 Å². The maximum absolute atomic E-state index is 5.27. The molecule has 2 unspecified atom stereocenters. The fourth-order valence-electron chi connectivity index (χ4n) is 3.14. The van der Waals surface area contributed by atoms with Crippen LogP contribution in [0.1, 0.15) is 42.5 Å². The van der Waals surface area contributed by atoms with Gasteiger partial charge >= 0.3 is 0 Å². The van der Waals surface area contributed by atoms with Crippen LogP contribution in [0.3, 0.4) is 0 Å². The van der Waals surface area contributed by atoms with Crippen molar-refractivity contribution in [1.29, 1.82) is 0 Å². The summed E-state index contributed by atoms with van der Waals surface area (Å²) in [6.45, 7) is 13.0. The Morgan fingerprint density at radius 3 is 2.25 bits per heavy atom. The summed E-state index contributed by atoms with van der Waals surface area (Å²) in [6, 6.07) is 5.12. The molecular formula is C18H31NO. The van der Waals surface area contributed by atoms with Crippen molar-refractivity contribution in [3.05, 3.63) is 34.4 Å². The molecule has 1 aromatic carbocycles. The summed E-state index contributed by atoms with van der Waals surface area (Å²) in [7, 11) is 1.78. The van der Waals surface area contributed by atoms with Crippen molar-refractivity contribution < 1.29 is 4.74 Å². The van der Waals surface area contributed by atoms with Gasteiger partial charge in [0.15, 0.2) is 0 Å². The quantitative estimate of drug-likeness (QED) is 0.780. The molecule has 0 fully saturated rings. The van der Waals surface area contributed by atoms with Gasteiger partial charge in [0.05, 0.1) is 0 Å². The van der Waals surface area contributed by atoms with Crippen molar-refractivity contribution in [2.45, 2.75) is 53.5 Å². The molecule has 1 N–H and O–H groups in total. The first-order chi connectivity index (χ1) is 9.47. The molecule has 0 aliphatic carbocycles. The first-order valence-corrected chi connectivity index (χ1v) is 7.76. The Kier molecular flexibility index (Phi) is 7.25. The number of ether oxygens (including phenoxy) is 1. The van der Waals surface area contributed by atoms with Crippen LogP contribution in [0.15, 0.2) is 12.1 Å². The van der Waals surface area contributed by atoms with Gasteiger partial charge in [0.2, 0.25) is 0 Å². The zero-order valence-electron chi connectivity index (χ0n) is 14.0. The SMILES string of the molecule is CCNC(Cc1c(C)cc(C)cc1C)CC(C)COC. The van der Waals surface area contributed by atoms with Crippen LogP contribution in [-0.4, -0.2) is 26.3 Å². The van der Waals surface area contributed by atoms with Crippen LogP contribution in [0, 0.1) is 26.7 Å². The van der Waals surface area contributed by atoms with Gasteiger partial charge in [-0.25, -0.2) is 0 Å². The summed E-state index contributed by atoms with van der Waals surface area (Å²) in [5, 5.41) is 3.63. The van der Waals surface area contributed by atoms with Crippen LogP contribution in [0.25, 0.3) is 0 Å². The van der Waals surface area contributed by atoms with Crippen molar-refractivity contribution in [1.82, 2.24) is 5.32 Å². The van der Waals surface area contributed by atoms with Crippen molar-refractivity contribution in [3.8, 4) is 0 Å². The van der Waals surface area contributed by atoms with E-state index in [1.54, 1.807) is 7.11 Å². The molecule has 0 aliphatic heterocycles. The maximum atomic E-state index is 5.27. The highest BCUT2D eigenvalue weighted by molar-refractivity contribution is 5.38. The Morgan fingerprint density at radius 2 is 1.75 bits per heavy atom. The van der Waals surface area contributed by atoms with Gasteiger partial charge in [0, 0.05) is 19.8 Å². The van der Waals surface area contributed by atoms with Crippen LogP contribution in [-0.2, 0) is 11.2 Å². The standard InChI is InChI=1S/C18H31NO/c1-7-19-17(10-14(3)12-20-6)11-18-15(4)8-13(2)9-16(18)5/h8-9,14,17,19H,7,10-12H2,1-6H3. The fraction of sp³-hybridized carbons (Fsp3) is 0.667. The van der Waals surface area contributed by atoms with Gasteiger partial charge in [0.1, 0.15) is 0 Å². The third-order valence-corrected chi connectivity index (χ3v) is 3.92. The van der Waals surface area contributed by atoms with E-state index in [9.17, 15) is 0 Å². The van der Waals surface area contributed by atoms with E-state index in [2.05, 4.69) is 52.1 Å². The van der Waals surface area contributed by atoms with Gasteiger partial charge in [-0.3, -0.25) is 0 Å². The lowest BCUT2D eigenvalue weighted by atomic mass is 9.91. The summed E-state index contributed by atoms with van der Waals surface area (Å²) >= 11 is 0. The zero-order valence-corrected chi connectivity index (χ0v) is 14.0. The minimum absolute atomic E-state index is 0.533. The molecule has 2 nitrogen and oxygen atoms in total. The molecule has 0 saturated heterocycles.